The SMILES string of the molecule is Nc1[c-]cc(Oc2cc(Cl)ccn2)nc1.[Y]. The summed E-state index contributed by atoms with van der Waals surface area (Å²) in [5.41, 5.74) is 5.89. The Morgan fingerprint density at radius 2 is 2.12 bits per heavy atom. The predicted octanol–water partition coefficient (Wildman–Crippen LogP) is 2.30. The molecular weight excluding hydrogens is 302 g/mol. The first kappa shape index (κ1) is 13.4. The molecule has 0 spiro atoms. The normalized spacial score (nSPS) is 9.31. The zero-order chi connectivity index (χ0) is 10.7. The summed E-state index contributed by atoms with van der Waals surface area (Å²) in [6.07, 6.45) is 3.01. The molecule has 0 aliphatic rings. The molecule has 0 saturated heterocycles. The average molecular weight is 310 g/mol. The molecule has 0 aromatic carbocycles. The Hall–Kier alpha value is -0.706. The van der Waals surface area contributed by atoms with Gasteiger partial charge in [0.1, 0.15) is 5.88 Å². The maximum absolute atomic E-state index is 5.77. The number of nitrogens with two attached hydrogens (primary N) is 1. The van der Waals surface area contributed by atoms with Crippen LogP contribution in [0.5, 0.6) is 11.8 Å². The molecule has 0 fully saturated rings. The summed E-state index contributed by atoms with van der Waals surface area (Å²) in [6, 6.07) is 7.56. The van der Waals surface area contributed by atoms with Crippen molar-refractivity contribution < 1.29 is 37.4 Å². The number of pyridine rings is 2. The molecule has 1 radical (unpaired) electrons. The van der Waals surface area contributed by atoms with Crippen molar-refractivity contribution in [1.82, 2.24) is 9.97 Å². The second-order valence-corrected chi connectivity index (χ2v) is 3.19. The van der Waals surface area contributed by atoms with E-state index in [4.69, 9.17) is 22.1 Å². The summed E-state index contributed by atoms with van der Waals surface area (Å²) in [7, 11) is 0. The largest absolute Gasteiger partial charge is 0.484 e. The first-order valence-electron chi connectivity index (χ1n) is 4.16. The molecule has 0 unspecified atom stereocenters. The Bertz CT molecular complexity index is 464. The third-order valence-corrected chi connectivity index (χ3v) is 1.83. The van der Waals surface area contributed by atoms with Crippen molar-refractivity contribution in [3.63, 3.8) is 0 Å². The minimum absolute atomic E-state index is 0. The van der Waals surface area contributed by atoms with Gasteiger partial charge in [0, 0.05) is 50.0 Å². The van der Waals surface area contributed by atoms with Crippen LogP contribution in [0.25, 0.3) is 0 Å². The molecule has 0 atom stereocenters. The zero-order valence-electron chi connectivity index (χ0n) is 8.22. The van der Waals surface area contributed by atoms with Crippen molar-refractivity contribution in [2.45, 2.75) is 0 Å². The predicted molar refractivity (Wildman–Crippen MR) is 56.8 cm³/mol. The van der Waals surface area contributed by atoms with E-state index in [-0.39, 0.29) is 32.7 Å². The van der Waals surface area contributed by atoms with E-state index < -0.39 is 0 Å². The number of nitrogen functional groups attached to an aromatic ring is 1. The van der Waals surface area contributed by atoms with Gasteiger partial charge in [0.05, 0.1) is 0 Å². The summed E-state index contributed by atoms with van der Waals surface area (Å²) < 4.78 is 5.32. The van der Waals surface area contributed by atoms with Crippen LogP contribution in [0.4, 0.5) is 5.69 Å². The van der Waals surface area contributed by atoms with Gasteiger partial charge in [-0.15, -0.1) is 6.07 Å². The molecule has 2 N–H and O–H groups in total. The Labute approximate surface area is 123 Å². The first-order valence-corrected chi connectivity index (χ1v) is 4.54. The average Bonchev–Trinajstić information content (AvgIpc) is 2.22. The number of rotatable bonds is 2. The monoisotopic (exact) mass is 309 g/mol. The number of aromatic nitrogens is 2. The van der Waals surface area contributed by atoms with Crippen LogP contribution in [0.15, 0.2) is 30.6 Å². The molecule has 2 rings (SSSR count). The van der Waals surface area contributed by atoms with Crippen molar-refractivity contribution in [2.75, 3.05) is 5.73 Å². The summed E-state index contributed by atoms with van der Waals surface area (Å²) in [5, 5.41) is 0.555. The van der Waals surface area contributed by atoms with Gasteiger partial charge in [-0.1, -0.05) is 23.5 Å². The van der Waals surface area contributed by atoms with Crippen LogP contribution in [0.3, 0.4) is 0 Å². The fraction of sp³-hybridized carbons (Fsp3) is 0. The summed E-state index contributed by atoms with van der Waals surface area (Å²) in [5.74, 6) is 0.757. The van der Waals surface area contributed by atoms with E-state index in [2.05, 4.69) is 16.0 Å². The van der Waals surface area contributed by atoms with Gasteiger partial charge < -0.3 is 15.5 Å². The quantitative estimate of drug-likeness (QED) is 0.865. The number of anilines is 1. The molecule has 2 aromatic heterocycles. The zero-order valence-corrected chi connectivity index (χ0v) is 11.8. The Morgan fingerprint density at radius 1 is 1.31 bits per heavy atom. The Balaban J connectivity index is 0.00000128. The van der Waals surface area contributed by atoms with Crippen molar-refractivity contribution in [1.29, 1.82) is 0 Å². The van der Waals surface area contributed by atoms with Gasteiger partial charge in [-0.25, -0.2) is 4.98 Å². The van der Waals surface area contributed by atoms with E-state index in [1.54, 1.807) is 18.3 Å². The van der Waals surface area contributed by atoms with Crippen LogP contribution in [0, 0.1) is 6.07 Å². The van der Waals surface area contributed by atoms with Crippen LogP contribution < -0.4 is 10.5 Å². The molecule has 0 saturated carbocycles. The number of hydrogen-bond donors (Lipinski definition) is 1. The van der Waals surface area contributed by atoms with Crippen molar-refractivity contribution >= 4 is 17.3 Å². The molecule has 16 heavy (non-hydrogen) atoms. The maximum atomic E-state index is 5.77. The summed E-state index contributed by atoms with van der Waals surface area (Å²) in [6.45, 7) is 0. The fourth-order valence-corrected chi connectivity index (χ4v) is 1.11. The van der Waals surface area contributed by atoms with E-state index in [0.29, 0.717) is 22.5 Å². The Kier molecular flexibility index (Phi) is 5.12. The van der Waals surface area contributed by atoms with Crippen LogP contribution >= 0.6 is 11.6 Å². The van der Waals surface area contributed by atoms with Crippen molar-refractivity contribution in [3.05, 3.63) is 41.7 Å². The second-order valence-electron chi connectivity index (χ2n) is 2.75. The topological polar surface area (TPSA) is 61.0 Å². The summed E-state index contributed by atoms with van der Waals surface area (Å²) >= 11 is 5.77. The molecule has 2 aromatic rings. The molecule has 79 valence electrons. The Morgan fingerprint density at radius 3 is 2.75 bits per heavy atom. The first-order chi connectivity index (χ1) is 7.24. The van der Waals surface area contributed by atoms with Crippen LogP contribution in [0.2, 0.25) is 5.02 Å². The number of ether oxygens (including phenoxy) is 1. The molecule has 0 aliphatic carbocycles. The van der Waals surface area contributed by atoms with Gasteiger partial charge in [-0.3, -0.25) is 0 Å². The van der Waals surface area contributed by atoms with Gasteiger partial charge in [0.15, 0.2) is 0 Å². The maximum Gasteiger partial charge on any atom is 0.209 e. The molecule has 0 amide bonds. The molecule has 0 bridgehead atoms. The second kappa shape index (κ2) is 6.13. The van der Waals surface area contributed by atoms with Crippen LogP contribution in [-0.4, -0.2) is 9.97 Å². The molecule has 0 aliphatic heterocycles. The van der Waals surface area contributed by atoms with Gasteiger partial charge in [0.25, 0.3) is 0 Å². The van der Waals surface area contributed by atoms with Gasteiger partial charge in [0.2, 0.25) is 5.88 Å². The van der Waals surface area contributed by atoms with Crippen LogP contribution in [0.1, 0.15) is 0 Å². The molecule has 6 heteroatoms. The number of hydrogen-bond acceptors (Lipinski definition) is 4. The van der Waals surface area contributed by atoms with Crippen molar-refractivity contribution in [3.8, 4) is 11.8 Å². The number of halogens is 1. The van der Waals surface area contributed by atoms with E-state index >= 15 is 0 Å². The minimum Gasteiger partial charge on any atom is -0.484 e. The van der Waals surface area contributed by atoms with Gasteiger partial charge in [-0.05, 0) is 6.07 Å². The van der Waals surface area contributed by atoms with E-state index in [0.717, 1.165) is 0 Å². The molecular formula is C10H7ClN3OY-. The number of nitrogens with zero attached hydrogens (tertiary/aromatic N) is 2. The summed E-state index contributed by atoms with van der Waals surface area (Å²) in [4.78, 5) is 7.91. The van der Waals surface area contributed by atoms with Gasteiger partial charge >= 0.3 is 0 Å². The van der Waals surface area contributed by atoms with Crippen molar-refractivity contribution in [2.24, 2.45) is 0 Å². The standard InChI is InChI=1S/C10H7ClN3O.Y/c11-7-3-4-13-10(5-7)15-9-2-1-8(12)6-14-9;/h2-6H,12H2;/q-1;. The molecule has 4 nitrogen and oxygen atoms in total. The molecule has 2 heterocycles. The van der Waals surface area contributed by atoms with E-state index in [1.165, 1.54) is 12.3 Å². The smallest absolute Gasteiger partial charge is 0.209 e. The fourth-order valence-electron chi connectivity index (χ4n) is 0.957. The third-order valence-electron chi connectivity index (χ3n) is 1.60. The van der Waals surface area contributed by atoms with Gasteiger partial charge in [-0.2, -0.15) is 6.07 Å². The minimum atomic E-state index is 0. The van der Waals surface area contributed by atoms with E-state index in [1.807, 2.05) is 0 Å². The van der Waals surface area contributed by atoms with Crippen LogP contribution in [-0.2, 0) is 32.7 Å². The van der Waals surface area contributed by atoms with E-state index in [9.17, 15) is 0 Å². The third kappa shape index (κ3) is 3.70.